The molecule has 0 saturated carbocycles. The van der Waals surface area contributed by atoms with E-state index < -0.39 is 38.2 Å². The molecule has 0 aliphatic carbocycles. The number of carbonyl (C=O) groups excluding carboxylic acids is 1. The van der Waals surface area contributed by atoms with Crippen LogP contribution >= 0.6 is 0 Å². The summed E-state index contributed by atoms with van der Waals surface area (Å²) in [5, 5.41) is 0. The molecule has 1 aromatic carbocycles. The zero-order valence-corrected chi connectivity index (χ0v) is 12.7. The van der Waals surface area contributed by atoms with Crippen LogP contribution in [0.4, 0.5) is 9.18 Å². The maximum atomic E-state index is 12.7. The summed E-state index contributed by atoms with van der Waals surface area (Å²) in [4.78, 5) is 11.4. The number of sulfone groups is 1. The standard InChI is InChI=1S/C11H12FNO7S2/c12-8-1-3-9(4-2-8)20-22(17,18)13-11(14)19-10-5-6-21(15,16)7-10/h1-4,10H,5-7H2,(H,13,14)/t10-/m1/s1. The zero-order chi connectivity index (χ0) is 16.4. The van der Waals surface area contributed by atoms with E-state index in [-0.39, 0.29) is 23.7 Å². The summed E-state index contributed by atoms with van der Waals surface area (Å²) in [5.41, 5.74) is 0. The van der Waals surface area contributed by atoms with Crippen LogP contribution in [-0.4, -0.2) is 40.5 Å². The monoisotopic (exact) mass is 353 g/mol. The molecule has 1 heterocycles. The molecule has 2 rings (SSSR count). The van der Waals surface area contributed by atoms with Crippen LogP contribution in [0.5, 0.6) is 5.75 Å². The predicted octanol–water partition coefficient (Wildman–Crippen LogP) is 0.363. The van der Waals surface area contributed by atoms with E-state index in [2.05, 4.69) is 4.18 Å². The van der Waals surface area contributed by atoms with Crippen molar-refractivity contribution in [3.05, 3.63) is 30.1 Å². The van der Waals surface area contributed by atoms with Crippen LogP contribution in [0.1, 0.15) is 6.42 Å². The van der Waals surface area contributed by atoms with Crippen LogP contribution in [0.2, 0.25) is 0 Å². The molecule has 1 aliphatic rings. The number of carbonyl (C=O) groups is 1. The molecule has 0 bridgehead atoms. The van der Waals surface area contributed by atoms with Gasteiger partial charge in [0.05, 0.1) is 11.5 Å². The molecule has 0 unspecified atom stereocenters. The largest absolute Gasteiger partial charge is 0.444 e. The molecule has 11 heteroatoms. The smallest absolute Gasteiger partial charge is 0.423 e. The van der Waals surface area contributed by atoms with Gasteiger partial charge in [-0.25, -0.2) is 17.6 Å². The fourth-order valence-corrected chi connectivity index (χ4v) is 4.02. The zero-order valence-electron chi connectivity index (χ0n) is 11.1. The predicted molar refractivity (Wildman–Crippen MR) is 72.6 cm³/mol. The second kappa shape index (κ2) is 6.08. The second-order valence-corrected chi connectivity index (χ2v) is 8.03. The average molecular weight is 353 g/mol. The highest BCUT2D eigenvalue weighted by Crippen LogP contribution is 2.16. The summed E-state index contributed by atoms with van der Waals surface area (Å²) in [6.45, 7) is 0. The molecule has 1 aromatic rings. The number of nitrogens with one attached hydrogen (secondary N) is 1. The van der Waals surface area contributed by atoms with Crippen LogP contribution in [0, 0.1) is 5.82 Å². The van der Waals surface area contributed by atoms with E-state index in [1.54, 1.807) is 0 Å². The number of benzene rings is 1. The highest BCUT2D eigenvalue weighted by molar-refractivity contribution is 7.91. The molecule has 1 aliphatic heterocycles. The Bertz CT molecular complexity index is 758. The first-order valence-electron chi connectivity index (χ1n) is 6.04. The normalized spacial score (nSPS) is 20.3. The van der Waals surface area contributed by atoms with E-state index in [4.69, 9.17) is 4.74 Å². The highest BCUT2D eigenvalue weighted by atomic mass is 32.2. The molecule has 22 heavy (non-hydrogen) atoms. The van der Waals surface area contributed by atoms with Crippen LogP contribution in [0.3, 0.4) is 0 Å². The lowest BCUT2D eigenvalue weighted by atomic mass is 10.3. The first-order chi connectivity index (χ1) is 10.2. The lowest BCUT2D eigenvalue weighted by Crippen LogP contribution is -2.36. The van der Waals surface area contributed by atoms with Gasteiger partial charge < -0.3 is 8.92 Å². The molecule has 1 amide bonds. The van der Waals surface area contributed by atoms with Crippen molar-refractivity contribution < 1.29 is 34.9 Å². The molecule has 1 atom stereocenters. The van der Waals surface area contributed by atoms with Gasteiger partial charge in [0.2, 0.25) is 0 Å². The number of hydrogen-bond donors (Lipinski definition) is 1. The lowest BCUT2D eigenvalue weighted by Gasteiger charge is -2.12. The number of hydrogen-bond acceptors (Lipinski definition) is 7. The number of rotatable bonds is 4. The summed E-state index contributed by atoms with van der Waals surface area (Å²) < 4.78 is 68.8. The summed E-state index contributed by atoms with van der Waals surface area (Å²) in [6.07, 6.45) is -2.13. The van der Waals surface area contributed by atoms with Gasteiger partial charge >= 0.3 is 16.4 Å². The number of ether oxygens (including phenoxy) is 1. The molecule has 122 valence electrons. The van der Waals surface area contributed by atoms with Gasteiger partial charge in [0.25, 0.3) is 0 Å². The van der Waals surface area contributed by atoms with E-state index >= 15 is 0 Å². The third-order valence-electron chi connectivity index (χ3n) is 2.69. The molecule has 1 fully saturated rings. The Morgan fingerprint density at radius 1 is 1.27 bits per heavy atom. The second-order valence-electron chi connectivity index (χ2n) is 4.52. The molecule has 1 N–H and O–H groups in total. The lowest BCUT2D eigenvalue weighted by molar-refractivity contribution is 0.115. The van der Waals surface area contributed by atoms with Gasteiger partial charge in [0, 0.05) is 0 Å². The Hall–Kier alpha value is -1.88. The molecule has 0 aromatic heterocycles. The van der Waals surface area contributed by atoms with Crippen LogP contribution in [0.15, 0.2) is 24.3 Å². The average Bonchev–Trinajstić information content (AvgIpc) is 2.70. The van der Waals surface area contributed by atoms with Crippen molar-refractivity contribution >= 4 is 26.2 Å². The minimum absolute atomic E-state index is 0.106. The van der Waals surface area contributed by atoms with Gasteiger partial charge in [-0.15, -0.1) is 0 Å². The topological polar surface area (TPSA) is 116 Å². The van der Waals surface area contributed by atoms with Crippen molar-refractivity contribution in [2.75, 3.05) is 11.5 Å². The van der Waals surface area contributed by atoms with Crippen LogP contribution in [-0.2, 0) is 24.9 Å². The fourth-order valence-electron chi connectivity index (χ4n) is 1.77. The van der Waals surface area contributed by atoms with Gasteiger partial charge in [-0.3, -0.25) is 0 Å². The molecule has 0 radical (unpaired) electrons. The first kappa shape index (κ1) is 16.5. The molecule has 1 saturated heterocycles. The Morgan fingerprint density at radius 3 is 2.45 bits per heavy atom. The van der Waals surface area contributed by atoms with Crippen LogP contribution < -0.4 is 8.91 Å². The summed E-state index contributed by atoms with van der Waals surface area (Å²) in [7, 11) is -7.77. The van der Waals surface area contributed by atoms with Gasteiger partial charge in [0.15, 0.2) is 9.84 Å². The Kier molecular flexibility index (Phi) is 4.56. The molecule has 0 spiro atoms. The quantitative estimate of drug-likeness (QED) is 0.831. The van der Waals surface area contributed by atoms with Crippen molar-refractivity contribution in [3.8, 4) is 5.75 Å². The van der Waals surface area contributed by atoms with Gasteiger partial charge in [-0.2, -0.15) is 13.1 Å². The summed E-state index contributed by atoms with van der Waals surface area (Å²) in [5.74, 6) is -1.26. The van der Waals surface area contributed by atoms with E-state index in [0.29, 0.717) is 0 Å². The Morgan fingerprint density at radius 2 is 1.91 bits per heavy atom. The fraction of sp³-hybridized carbons (Fsp3) is 0.364. The maximum Gasteiger partial charge on any atom is 0.423 e. The van der Waals surface area contributed by atoms with Crippen molar-refractivity contribution in [1.29, 1.82) is 0 Å². The van der Waals surface area contributed by atoms with Crippen molar-refractivity contribution in [3.63, 3.8) is 0 Å². The molecular formula is C11H12FNO7S2. The maximum absolute atomic E-state index is 12.7. The van der Waals surface area contributed by atoms with E-state index in [1.807, 2.05) is 0 Å². The summed E-state index contributed by atoms with van der Waals surface area (Å²) in [6, 6.07) is 4.08. The van der Waals surface area contributed by atoms with E-state index in [0.717, 1.165) is 24.3 Å². The number of amides is 1. The summed E-state index contributed by atoms with van der Waals surface area (Å²) >= 11 is 0. The van der Waals surface area contributed by atoms with E-state index in [9.17, 15) is 26.0 Å². The highest BCUT2D eigenvalue weighted by Gasteiger charge is 2.31. The minimum atomic E-state index is -4.51. The third kappa shape index (κ3) is 4.84. The van der Waals surface area contributed by atoms with E-state index in [1.165, 1.54) is 4.72 Å². The van der Waals surface area contributed by atoms with Crippen molar-refractivity contribution in [1.82, 2.24) is 4.72 Å². The third-order valence-corrected chi connectivity index (χ3v) is 5.26. The van der Waals surface area contributed by atoms with Crippen molar-refractivity contribution in [2.45, 2.75) is 12.5 Å². The Labute approximate surface area is 126 Å². The number of halogens is 1. The van der Waals surface area contributed by atoms with Crippen LogP contribution in [0.25, 0.3) is 0 Å². The van der Waals surface area contributed by atoms with Crippen molar-refractivity contribution in [2.24, 2.45) is 0 Å². The first-order valence-corrected chi connectivity index (χ1v) is 9.27. The SMILES string of the molecule is O=C(NS(=O)(=O)Oc1ccc(F)cc1)O[C@@H]1CCS(=O)(=O)C1. The van der Waals surface area contributed by atoms with Gasteiger partial charge in [0.1, 0.15) is 17.7 Å². The van der Waals surface area contributed by atoms with Gasteiger partial charge in [-0.1, -0.05) is 0 Å². The Balaban J connectivity index is 1.91. The van der Waals surface area contributed by atoms with Gasteiger partial charge in [-0.05, 0) is 30.7 Å². The molecule has 8 nitrogen and oxygen atoms in total. The minimum Gasteiger partial charge on any atom is -0.444 e. The molecular weight excluding hydrogens is 341 g/mol.